The normalized spacial score (nSPS) is 21.8. The van der Waals surface area contributed by atoms with Gasteiger partial charge in [-0.1, -0.05) is 6.07 Å². The first-order valence-electron chi connectivity index (χ1n) is 13.3. The van der Waals surface area contributed by atoms with E-state index in [0.29, 0.717) is 40.5 Å². The molecule has 0 saturated carbocycles. The van der Waals surface area contributed by atoms with E-state index in [4.69, 9.17) is 0 Å². The van der Waals surface area contributed by atoms with Crippen molar-refractivity contribution in [1.82, 2.24) is 20.2 Å². The molecule has 3 heterocycles. The first-order chi connectivity index (χ1) is 20.3. The number of alkyl halides is 3. The number of benzene rings is 1. The number of carbonyl (C=O) groups is 3. The van der Waals surface area contributed by atoms with E-state index in [-0.39, 0.29) is 17.9 Å². The van der Waals surface area contributed by atoms with Crippen LogP contribution in [0.25, 0.3) is 0 Å². The van der Waals surface area contributed by atoms with E-state index in [2.05, 4.69) is 20.6 Å². The Hall–Kier alpha value is -4.49. The van der Waals surface area contributed by atoms with Crippen LogP contribution in [-0.2, 0) is 22.4 Å². The van der Waals surface area contributed by atoms with Gasteiger partial charge in [-0.3, -0.25) is 19.4 Å². The molecule has 0 spiro atoms. The summed E-state index contributed by atoms with van der Waals surface area (Å²) < 4.78 is 82.9. The van der Waals surface area contributed by atoms with Gasteiger partial charge in [-0.2, -0.15) is 13.2 Å². The highest BCUT2D eigenvalue weighted by atomic mass is 19.4. The molecule has 3 amide bonds. The minimum absolute atomic E-state index is 0.0159. The predicted octanol–water partition coefficient (Wildman–Crippen LogP) is 4.31. The molecule has 2 aromatic heterocycles. The molecule has 8 nitrogen and oxygen atoms in total. The minimum atomic E-state index is -4.84. The number of amides is 3. The van der Waals surface area contributed by atoms with Gasteiger partial charge in [-0.15, -0.1) is 0 Å². The Morgan fingerprint density at radius 2 is 1.84 bits per heavy atom. The Bertz CT molecular complexity index is 1570. The smallest absolute Gasteiger partial charge is 0.340 e. The van der Waals surface area contributed by atoms with Crippen molar-refractivity contribution >= 4 is 23.5 Å². The summed E-state index contributed by atoms with van der Waals surface area (Å²) in [7, 11) is 0. The number of likely N-dealkylation sites (tertiary alicyclic amines) is 1. The van der Waals surface area contributed by atoms with Crippen LogP contribution >= 0.6 is 0 Å². The van der Waals surface area contributed by atoms with Gasteiger partial charge in [0.05, 0.1) is 5.56 Å². The maximum absolute atomic E-state index is 14.7. The lowest BCUT2D eigenvalue weighted by atomic mass is 9.81. The first-order valence-corrected chi connectivity index (χ1v) is 13.3. The fourth-order valence-electron chi connectivity index (χ4n) is 5.62. The number of anilines is 1. The molecule has 4 atom stereocenters. The molecule has 1 fully saturated rings. The number of hydrogen-bond acceptors (Lipinski definition) is 5. The second-order valence-corrected chi connectivity index (χ2v) is 10.6. The van der Waals surface area contributed by atoms with Crippen LogP contribution < -0.4 is 10.6 Å². The lowest BCUT2D eigenvalue weighted by Gasteiger charge is -2.43. The molecule has 3 aromatic rings. The topological polar surface area (TPSA) is 104 Å². The number of piperidine rings is 1. The Kier molecular flexibility index (Phi) is 8.12. The van der Waals surface area contributed by atoms with Crippen molar-refractivity contribution in [3.05, 3.63) is 88.6 Å². The van der Waals surface area contributed by atoms with Gasteiger partial charge in [-0.25, -0.2) is 18.2 Å². The maximum atomic E-state index is 14.7. The van der Waals surface area contributed by atoms with E-state index in [1.807, 2.05) is 0 Å². The molecule has 1 saturated heterocycles. The number of nitrogens with zero attached hydrogens (tertiary/aromatic N) is 3. The highest BCUT2D eigenvalue weighted by molar-refractivity contribution is 5.98. The van der Waals surface area contributed by atoms with Crippen molar-refractivity contribution in [2.45, 2.75) is 50.4 Å². The first kappa shape index (κ1) is 30.0. The molecular weight excluding hydrogens is 580 g/mol. The van der Waals surface area contributed by atoms with Crippen molar-refractivity contribution in [3.8, 4) is 0 Å². The van der Waals surface area contributed by atoms with Crippen molar-refractivity contribution in [2.24, 2.45) is 5.92 Å². The quantitative estimate of drug-likeness (QED) is 0.322. The Labute approximate surface area is 241 Å². The zero-order valence-corrected chi connectivity index (χ0v) is 22.6. The predicted molar refractivity (Wildman–Crippen MR) is 140 cm³/mol. The van der Waals surface area contributed by atoms with Gasteiger partial charge < -0.3 is 15.5 Å². The van der Waals surface area contributed by atoms with E-state index in [1.165, 1.54) is 25.4 Å². The third-order valence-corrected chi connectivity index (χ3v) is 7.74. The number of pyridine rings is 2. The van der Waals surface area contributed by atoms with Gasteiger partial charge in [0, 0.05) is 48.5 Å². The lowest BCUT2D eigenvalue weighted by Crippen LogP contribution is -2.59. The molecule has 4 unspecified atom stereocenters. The molecule has 1 aromatic carbocycles. The van der Waals surface area contributed by atoms with Crippen molar-refractivity contribution in [2.75, 3.05) is 11.9 Å². The molecule has 14 heteroatoms. The summed E-state index contributed by atoms with van der Waals surface area (Å²) in [6.45, 7) is -0.489. The minimum Gasteiger partial charge on any atom is -0.340 e. The summed E-state index contributed by atoms with van der Waals surface area (Å²) >= 11 is 0. The average Bonchev–Trinajstić information content (AvgIpc) is 3.38. The number of nitrogens with one attached hydrogen (secondary N) is 2. The molecule has 1 aliphatic heterocycles. The van der Waals surface area contributed by atoms with Crippen LogP contribution in [0.15, 0.2) is 48.8 Å². The van der Waals surface area contributed by atoms with Crippen molar-refractivity contribution < 1.29 is 40.7 Å². The van der Waals surface area contributed by atoms with E-state index in [1.54, 1.807) is 18.2 Å². The lowest BCUT2D eigenvalue weighted by molar-refractivity contribution is -0.170. The van der Waals surface area contributed by atoms with Gasteiger partial charge in [0.15, 0.2) is 11.6 Å². The van der Waals surface area contributed by atoms with Crippen LogP contribution in [0.2, 0.25) is 0 Å². The van der Waals surface area contributed by atoms with Crippen LogP contribution in [0.3, 0.4) is 0 Å². The standard InChI is InChI=1S/C29H25F6N5O3/c1-14-19(20-9-18(30)10-21(31)25(20)32)11-23(28(43)40(14)13-29(33,34)35)38-27(42)17-7-15-6-16(8-22(15)37-12-17)26(41)39-24-4-2-3-5-36-24/h2-5,7,9-10,12,14,16,19,23H,6,8,11,13H2,1H3,(H,38,42)(H,36,39,41). The van der Waals surface area contributed by atoms with E-state index in [0.717, 1.165) is 0 Å². The third-order valence-electron chi connectivity index (χ3n) is 7.74. The molecule has 1 aliphatic carbocycles. The van der Waals surface area contributed by atoms with Crippen LogP contribution in [0.5, 0.6) is 0 Å². The summed E-state index contributed by atoms with van der Waals surface area (Å²) in [5, 5.41) is 5.11. The zero-order chi connectivity index (χ0) is 31.1. The second kappa shape index (κ2) is 11.7. The van der Waals surface area contributed by atoms with E-state index < -0.39 is 77.9 Å². The molecule has 2 aliphatic rings. The van der Waals surface area contributed by atoms with E-state index >= 15 is 0 Å². The number of hydrogen-bond donors (Lipinski definition) is 2. The second-order valence-electron chi connectivity index (χ2n) is 10.6. The largest absolute Gasteiger partial charge is 0.406 e. The third kappa shape index (κ3) is 6.47. The Morgan fingerprint density at radius 3 is 2.53 bits per heavy atom. The molecule has 0 bridgehead atoms. The number of halogens is 6. The van der Waals surface area contributed by atoms with Gasteiger partial charge in [0.1, 0.15) is 24.2 Å². The summed E-state index contributed by atoms with van der Waals surface area (Å²) in [6, 6.07) is 4.64. The highest BCUT2D eigenvalue weighted by Gasteiger charge is 2.46. The maximum Gasteiger partial charge on any atom is 0.406 e. The average molecular weight is 606 g/mol. The van der Waals surface area contributed by atoms with Gasteiger partial charge >= 0.3 is 6.18 Å². The van der Waals surface area contributed by atoms with Gasteiger partial charge in [0.25, 0.3) is 5.91 Å². The van der Waals surface area contributed by atoms with Gasteiger partial charge in [-0.05, 0) is 55.2 Å². The molecule has 5 rings (SSSR count). The zero-order valence-electron chi connectivity index (χ0n) is 22.6. The van der Waals surface area contributed by atoms with Crippen LogP contribution in [0.4, 0.5) is 32.2 Å². The van der Waals surface area contributed by atoms with Crippen molar-refractivity contribution in [3.63, 3.8) is 0 Å². The molecule has 0 radical (unpaired) electrons. The summed E-state index contributed by atoms with van der Waals surface area (Å²) in [5.74, 6) is -7.71. The molecule has 2 N–H and O–H groups in total. The summed E-state index contributed by atoms with van der Waals surface area (Å²) in [4.78, 5) is 47.8. The van der Waals surface area contributed by atoms with Crippen LogP contribution in [-0.4, -0.2) is 57.4 Å². The molecule has 226 valence electrons. The Morgan fingerprint density at radius 1 is 1.07 bits per heavy atom. The number of carbonyl (C=O) groups excluding carboxylic acids is 3. The highest BCUT2D eigenvalue weighted by Crippen LogP contribution is 2.37. The fraction of sp³-hybridized carbons (Fsp3) is 0.345. The summed E-state index contributed by atoms with van der Waals surface area (Å²) in [5.41, 5.74) is 0.627. The molecular formula is C29H25F6N5O3. The number of fused-ring (bicyclic) bond motifs is 1. The van der Waals surface area contributed by atoms with Crippen LogP contribution in [0, 0.1) is 23.4 Å². The van der Waals surface area contributed by atoms with Crippen molar-refractivity contribution in [1.29, 1.82) is 0 Å². The Balaban J connectivity index is 1.35. The number of aromatic nitrogens is 2. The summed E-state index contributed by atoms with van der Waals surface area (Å²) in [6.07, 6.45) is -1.94. The van der Waals surface area contributed by atoms with Crippen LogP contribution in [0.1, 0.15) is 46.4 Å². The number of rotatable bonds is 6. The van der Waals surface area contributed by atoms with E-state index in [9.17, 15) is 40.7 Å². The SMILES string of the molecule is CC1C(c2cc(F)cc(F)c2F)CC(NC(=O)c2cnc3c(c2)CC(C(=O)Nc2ccccn2)C3)C(=O)N1CC(F)(F)F. The fourth-order valence-corrected chi connectivity index (χ4v) is 5.62. The van der Waals surface area contributed by atoms with Gasteiger partial charge in [0.2, 0.25) is 11.8 Å². The monoisotopic (exact) mass is 605 g/mol. The molecule has 43 heavy (non-hydrogen) atoms.